The summed E-state index contributed by atoms with van der Waals surface area (Å²) in [5, 5.41) is 20.5. The summed E-state index contributed by atoms with van der Waals surface area (Å²) in [5.74, 6) is 0.113. The number of phenolic OH excluding ortho intramolecular Hbond substituents is 2. The summed E-state index contributed by atoms with van der Waals surface area (Å²) < 4.78 is 7.15. The highest BCUT2D eigenvalue weighted by Gasteiger charge is 2.18. The fraction of sp³-hybridized carbons (Fsp3) is 0.250. The maximum atomic E-state index is 10.3. The molecule has 2 aromatic carbocycles. The van der Waals surface area contributed by atoms with Gasteiger partial charge in [0.25, 0.3) is 0 Å². The van der Waals surface area contributed by atoms with Gasteiger partial charge in [0.05, 0.1) is 30.0 Å². The molecule has 2 heterocycles. The molecule has 6 nitrogen and oxygen atoms in total. The van der Waals surface area contributed by atoms with E-state index >= 15 is 0 Å². The van der Waals surface area contributed by atoms with Gasteiger partial charge >= 0.3 is 0 Å². The van der Waals surface area contributed by atoms with Crippen molar-refractivity contribution in [2.45, 2.75) is 6.54 Å². The average molecular weight is 420 g/mol. The van der Waals surface area contributed by atoms with Crippen molar-refractivity contribution in [3.63, 3.8) is 0 Å². The van der Waals surface area contributed by atoms with Crippen LogP contribution < -0.4 is 0 Å². The molecule has 0 spiro atoms. The molecule has 0 unspecified atom stereocenters. The number of aromatic nitrogens is 2. The average Bonchev–Trinajstić information content (AvgIpc) is 3.07. The molecule has 1 saturated heterocycles. The minimum atomic E-state index is -0.195. The third kappa shape index (κ3) is 3.82. The van der Waals surface area contributed by atoms with Crippen LogP contribution >= 0.6 is 23.2 Å². The van der Waals surface area contributed by atoms with Crippen molar-refractivity contribution in [3.05, 3.63) is 58.3 Å². The number of aromatic hydroxyl groups is 2. The number of rotatable bonds is 4. The molecule has 1 aliphatic heterocycles. The Bertz CT molecular complexity index is 1000. The molecule has 0 saturated carbocycles. The zero-order valence-electron chi connectivity index (χ0n) is 15.0. The summed E-state index contributed by atoms with van der Waals surface area (Å²) in [4.78, 5) is 6.68. The Morgan fingerprint density at radius 2 is 1.82 bits per heavy atom. The lowest BCUT2D eigenvalue weighted by Crippen LogP contribution is -2.35. The molecular weight excluding hydrogens is 401 g/mol. The molecule has 1 fully saturated rings. The van der Waals surface area contributed by atoms with Gasteiger partial charge in [-0.25, -0.2) is 4.98 Å². The number of hydrogen-bond donors (Lipinski definition) is 2. The Morgan fingerprint density at radius 1 is 1.04 bits per heavy atom. The topological polar surface area (TPSA) is 70.8 Å². The fourth-order valence-electron chi connectivity index (χ4n) is 3.31. The zero-order chi connectivity index (χ0) is 19.7. The molecule has 1 aromatic heterocycles. The Balaban J connectivity index is 1.72. The lowest BCUT2D eigenvalue weighted by atomic mass is 10.1. The second kappa shape index (κ2) is 8.01. The van der Waals surface area contributed by atoms with Crippen LogP contribution in [-0.2, 0) is 11.3 Å². The molecule has 2 N–H and O–H groups in total. The van der Waals surface area contributed by atoms with Crippen molar-refractivity contribution in [2.24, 2.45) is 0 Å². The third-order valence-corrected chi connectivity index (χ3v) is 5.27. The predicted molar refractivity (Wildman–Crippen MR) is 108 cm³/mol. The van der Waals surface area contributed by atoms with Gasteiger partial charge in [0.2, 0.25) is 0 Å². The standard InChI is InChI=1S/C20H19Cl2N3O3/c21-16-9-15(17(26)10-18(16)27)20-23-11-19(22)25(20)14-3-1-2-13(8-14)12-24-4-6-28-7-5-24/h1-3,8-11,26-27H,4-7,12H2. The van der Waals surface area contributed by atoms with Gasteiger partial charge in [-0.05, 0) is 23.8 Å². The Kier molecular flexibility index (Phi) is 5.46. The summed E-state index contributed by atoms with van der Waals surface area (Å²) in [6, 6.07) is 10.7. The molecule has 0 bridgehead atoms. The highest BCUT2D eigenvalue weighted by Crippen LogP contribution is 2.38. The SMILES string of the molecule is Oc1cc(O)c(-c2ncc(Cl)n2-c2cccc(CN3CCOCC3)c2)cc1Cl. The van der Waals surface area contributed by atoms with Gasteiger partial charge in [0, 0.05) is 31.4 Å². The first-order valence-corrected chi connectivity index (χ1v) is 9.63. The van der Waals surface area contributed by atoms with Gasteiger partial charge < -0.3 is 14.9 Å². The summed E-state index contributed by atoms with van der Waals surface area (Å²) >= 11 is 12.4. The van der Waals surface area contributed by atoms with Crippen LogP contribution in [0.3, 0.4) is 0 Å². The number of phenols is 2. The molecule has 0 aliphatic carbocycles. The van der Waals surface area contributed by atoms with E-state index < -0.39 is 0 Å². The summed E-state index contributed by atoms with van der Waals surface area (Å²) in [6.07, 6.45) is 1.52. The molecule has 8 heteroatoms. The second-order valence-corrected chi connectivity index (χ2v) is 7.41. The number of halogens is 2. The van der Waals surface area contributed by atoms with Crippen molar-refractivity contribution in [3.8, 4) is 28.6 Å². The van der Waals surface area contributed by atoms with Crippen LogP contribution in [0.15, 0.2) is 42.6 Å². The number of benzene rings is 2. The van der Waals surface area contributed by atoms with Gasteiger partial charge in [-0.2, -0.15) is 0 Å². The molecule has 3 aromatic rings. The first kappa shape index (κ1) is 19.1. The summed E-state index contributed by atoms with van der Waals surface area (Å²) in [6.45, 7) is 4.12. The van der Waals surface area contributed by atoms with E-state index in [-0.39, 0.29) is 16.5 Å². The van der Waals surface area contributed by atoms with E-state index in [0.29, 0.717) is 16.5 Å². The smallest absolute Gasteiger partial charge is 0.149 e. The molecule has 1 aliphatic rings. The molecule has 146 valence electrons. The van der Waals surface area contributed by atoms with Crippen LogP contribution in [0.2, 0.25) is 10.2 Å². The van der Waals surface area contributed by atoms with Gasteiger partial charge in [0.15, 0.2) is 0 Å². The largest absolute Gasteiger partial charge is 0.507 e. The number of hydrogen-bond acceptors (Lipinski definition) is 5. The molecule has 4 rings (SSSR count). The van der Waals surface area contributed by atoms with E-state index in [1.807, 2.05) is 18.2 Å². The number of morpholine rings is 1. The van der Waals surface area contributed by atoms with Gasteiger partial charge in [0.1, 0.15) is 22.5 Å². The Hall–Kier alpha value is -2.25. The lowest BCUT2D eigenvalue weighted by molar-refractivity contribution is 0.0342. The minimum absolute atomic E-state index is 0.125. The molecule has 0 radical (unpaired) electrons. The van der Waals surface area contributed by atoms with Gasteiger partial charge in [-0.3, -0.25) is 9.47 Å². The maximum Gasteiger partial charge on any atom is 0.149 e. The van der Waals surface area contributed by atoms with Crippen LogP contribution in [0.5, 0.6) is 11.5 Å². The maximum absolute atomic E-state index is 10.3. The normalized spacial score (nSPS) is 15.1. The van der Waals surface area contributed by atoms with Crippen molar-refractivity contribution >= 4 is 23.2 Å². The first-order valence-electron chi connectivity index (χ1n) is 8.87. The van der Waals surface area contributed by atoms with Crippen molar-refractivity contribution in [2.75, 3.05) is 26.3 Å². The number of nitrogens with zero attached hydrogens (tertiary/aromatic N) is 3. The number of ether oxygens (including phenoxy) is 1. The minimum Gasteiger partial charge on any atom is -0.507 e. The molecule has 0 amide bonds. The molecule has 0 atom stereocenters. The number of imidazole rings is 1. The van der Waals surface area contributed by atoms with Crippen LogP contribution in [0, 0.1) is 0 Å². The summed E-state index contributed by atoms with van der Waals surface area (Å²) in [7, 11) is 0. The van der Waals surface area contributed by atoms with Crippen molar-refractivity contribution in [1.29, 1.82) is 0 Å². The van der Waals surface area contributed by atoms with Crippen molar-refractivity contribution in [1.82, 2.24) is 14.5 Å². The van der Waals surface area contributed by atoms with E-state index in [9.17, 15) is 10.2 Å². The molecule has 28 heavy (non-hydrogen) atoms. The van der Waals surface area contributed by atoms with Crippen LogP contribution in [0.4, 0.5) is 0 Å². The van der Waals surface area contributed by atoms with Crippen LogP contribution in [0.25, 0.3) is 17.1 Å². The fourth-order valence-corrected chi connectivity index (χ4v) is 3.70. The van der Waals surface area contributed by atoms with E-state index in [2.05, 4.69) is 16.0 Å². The van der Waals surface area contributed by atoms with Gasteiger partial charge in [-0.15, -0.1) is 0 Å². The third-order valence-electron chi connectivity index (χ3n) is 4.70. The zero-order valence-corrected chi connectivity index (χ0v) is 16.5. The Morgan fingerprint density at radius 3 is 2.61 bits per heavy atom. The van der Waals surface area contributed by atoms with E-state index in [0.717, 1.165) is 44.1 Å². The van der Waals surface area contributed by atoms with Crippen LogP contribution in [0.1, 0.15) is 5.56 Å². The first-order chi connectivity index (χ1) is 13.5. The molecular formula is C20H19Cl2N3O3. The van der Waals surface area contributed by atoms with E-state index in [1.54, 1.807) is 4.57 Å². The lowest BCUT2D eigenvalue weighted by Gasteiger charge is -2.26. The second-order valence-electron chi connectivity index (χ2n) is 6.62. The van der Waals surface area contributed by atoms with Gasteiger partial charge in [-0.1, -0.05) is 35.3 Å². The summed E-state index contributed by atoms with van der Waals surface area (Å²) in [5.41, 5.74) is 2.35. The highest BCUT2D eigenvalue weighted by molar-refractivity contribution is 6.32. The predicted octanol–water partition coefficient (Wildman–Crippen LogP) is 4.09. The van der Waals surface area contributed by atoms with Crippen LogP contribution in [-0.4, -0.2) is 51.0 Å². The van der Waals surface area contributed by atoms with Crippen molar-refractivity contribution < 1.29 is 14.9 Å². The highest BCUT2D eigenvalue weighted by atomic mass is 35.5. The van der Waals surface area contributed by atoms with E-state index in [4.69, 9.17) is 27.9 Å². The monoisotopic (exact) mass is 419 g/mol. The van der Waals surface area contributed by atoms with E-state index in [1.165, 1.54) is 18.3 Å². The Labute approximate surface area is 172 Å². The quantitative estimate of drug-likeness (QED) is 0.666.